The van der Waals surface area contributed by atoms with Gasteiger partial charge >= 0.3 is 0 Å². The van der Waals surface area contributed by atoms with Gasteiger partial charge in [-0.05, 0) is 30.2 Å². The van der Waals surface area contributed by atoms with E-state index in [1.165, 1.54) is 13.2 Å². The summed E-state index contributed by atoms with van der Waals surface area (Å²) in [5.41, 5.74) is 0.0886. The summed E-state index contributed by atoms with van der Waals surface area (Å²) in [6, 6.07) is 6.48. The molecule has 5 heteroatoms. The Balaban J connectivity index is 3.06. The number of methoxy groups -OCH3 is 1. The number of carboxylic acid groups (broad SMARTS) is 1. The number of hydrogen-bond acceptors (Lipinski definition) is 5. The van der Waals surface area contributed by atoms with Crippen LogP contribution in [0.25, 0.3) is 6.08 Å². The number of carboxylic acids is 1. The maximum Gasteiger partial charge on any atom is 0.161 e. The van der Waals surface area contributed by atoms with Crippen molar-refractivity contribution in [2.24, 2.45) is 0 Å². The lowest BCUT2D eigenvalue weighted by Crippen LogP contribution is -2.23. The van der Waals surface area contributed by atoms with Gasteiger partial charge in [0.2, 0.25) is 0 Å². The van der Waals surface area contributed by atoms with E-state index in [-0.39, 0.29) is 0 Å². The second-order valence-corrected chi connectivity index (χ2v) is 3.72. The second-order valence-electron chi connectivity index (χ2n) is 3.72. The Morgan fingerprint density at radius 1 is 1.47 bits per heavy atom. The summed E-state index contributed by atoms with van der Waals surface area (Å²) in [6.07, 6.45) is 2.09. The predicted molar refractivity (Wildman–Crippen MR) is 67.4 cm³/mol. The van der Waals surface area contributed by atoms with E-state index in [9.17, 15) is 9.90 Å². The summed E-state index contributed by atoms with van der Waals surface area (Å²) >= 11 is 0. The molecule has 0 saturated heterocycles. The van der Waals surface area contributed by atoms with Crippen molar-refractivity contribution >= 4 is 12.0 Å². The van der Waals surface area contributed by atoms with Crippen molar-refractivity contribution in [3.8, 4) is 17.6 Å². The molecular weight excluding hydrogens is 246 g/mol. The topological polar surface area (TPSA) is 82.4 Å². The van der Waals surface area contributed by atoms with Crippen LogP contribution in [-0.4, -0.2) is 19.7 Å². The molecule has 0 amide bonds. The number of carbonyl (C=O) groups excluding carboxylic acids is 1. The van der Waals surface area contributed by atoms with Crippen LogP contribution in [0.5, 0.6) is 11.5 Å². The Morgan fingerprint density at radius 2 is 2.21 bits per heavy atom. The third-order valence-electron chi connectivity index (χ3n) is 2.30. The highest BCUT2D eigenvalue weighted by Crippen LogP contribution is 2.29. The molecule has 1 aromatic carbocycles. The van der Waals surface area contributed by atoms with E-state index >= 15 is 0 Å². The quantitative estimate of drug-likeness (QED) is 0.566. The van der Waals surface area contributed by atoms with Crippen molar-refractivity contribution in [3.05, 3.63) is 29.3 Å². The van der Waals surface area contributed by atoms with Crippen LogP contribution >= 0.6 is 0 Å². The van der Waals surface area contributed by atoms with E-state index in [2.05, 4.69) is 0 Å². The second kappa shape index (κ2) is 7.07. The van der Waals surface area contributed by atoms with Crippen LogP contribution in [0.15, 0.2) is 23.8 Å². The molecule has 0 bridgehead atoms. The number of ether oxygens (including phenoxy) is 2. The lowest BCUT2D eigenvalue weighted by molar-refractivity contribution is -0.298. The van der Waals surface area contributed by atoms with Crippen LogP contribution in [0.4, 0.5) is 0 Å². The largest absolute Gasteiger partial charge is 0.544 e. The first kappa shape index (κ1) is 14.6. The highest BCUT2D eigenvalue weighted by Gasteiger charge is 2.05. The van der Waals surface area contributed by atoms with Crippen molar-refractivity contribution < 1.29 is 19.4 Å². The average molecular weight is 260 g/mol. The number of hydrogen-bond donors (Lipinski definition) is 0. The molecule has 1 rings (SSSR count). The Hall–Kier alpha value is -2.48. The summed E-state index contributed by atoms with van der Waals surface area (Å²) in [4.78, 5) is 10.6. The SMILES string of the molecule is CCCOc1ccc(/C=C(\C#N)C(=O)[O-])cc1OC. The van der Waals surface area contributed by atoms with E-state index in [1.54, 1.807) is 24.3 Å². The zero-order chi connectivity index (χ0) is 14.3. The van der Waals surface area contributed by atoms with Gasteiger partial charge in [-0.3, -0.25) is 0 Å². The molecule has 5 nitrogen and oxygen atoms in total. The minimum atomic E-state index is -1.51. The number of nitrogens with zero attached hydrogens (tertiary/aromatic N) is 1. The van der Waals surface area contributed by atoms with Crippen molar-refractivity contribution in [1.29, 1.82) is 5.26 Å². The maximum absolute atomic E-state index is 10.6. The molecule has 0 aromatic heterocycles. The first-order valence-electron chi connectivity index (χ1n) is 5.76. The van der Waals surface area contributed by atoms with Crippen molar-refractivity contribution in [2.45, 2.75) is 13.3 Å². The van der Waals surface area contributed by atoms with E-state index in [0.717, 1.165) is 6.42 Å². The molecule has 0 aliphatic heterocycles. The summed E-state index contributed by atoms with van der Waals surface area (Å²) in [7, 11) is 1.49. The Labute approximate surface area is 111 Å². The summed E-state index contributed by atoms with van der Waals surface area (Å²) in [5, 5.41) is 19.3. The summed E-state index contributed by atoms with van der Waals surface area (Å²) < 4.78 is 10.6. The van der Waals surface area contributed by atoms with Crippen molar-refractivity contribution in [2.75, 3.05) is 13.7 Å². The first-order chi connectivity index (χ1) is 9.12. The lowest BCUT2D eigenvalue weighted by atomic mass is 10.1. The molecule has 1 aromatic rings. The fourth-order valence-corrected chi connectivity index (χ4v) is 1.41. The van der Waals surface area contributed by atoms with E-state index in [4.69, 9.17) is 14.7 Å². The molecule has 0 saturated carbocycles. The van der Waals surface area contributed by atoms with Gasteiger partial charge in [-0.15, -0.1) is 0 Å². The molecule has 0 fully saturated rings. The highest BCUT2D eigenvalue weighted by molar-refractivity contribution is 5.95. The fourth-order valence-electron chi connectivity index (χ4n) is 1.41. The third-order valence-corrected chi connectivity index (χ3v) is 2.30. The van der Waals surface area contributed by atoms with Crippen LogP contribution in [0, 0.1) is 11.3 Å². The van der Waals surface area contributed by atoms with Crippen LogP contribution in [0.2, 0.25) is 0 Å². The molecular formula is C14H14NO4-. The number of benzene rings is 1. The zero-order valence-corrected chi connectivity index (χ0v) is 10.8. The molecule has 19 heavy (non-hydrogen) atoms. The zero-order valence-electron chi connectivity index (χ0n) is 10.8. The Kier molecular flexibility index (Phi) is 5.42. The molecule has 0 aliphatic rings. The van der Waals surface area contributed by atoms with Gasteiger partial charge in [-0.2, -0.15) is 5.26 Å². The molecule has 0 spiro atoms. The fraction of sp³-hybridized carbons (Fsp3) is 0.286. The summed E-state index contributed by atoms with van der Waals surface area (Å²) in [6.45, 7) is 2.55. The number of nitriles is 1. The van der Waals surface area contributed by atoms with Crippen molar-refractivity contribution in [3.63, 3.8) is 0 Å². The average Bonchev–Trinajstić information content (AvgIpc) is 2.42. The monoisotopic (exact) mass is 260 g/mol. The number of aliphatic carboxylic acids is 1. The lowest BCUT2D eigenvalue weighted by Gasteiger charge is -2.10. The minimum absolute atomic E-state index is 0.440. The molecule has 0 heterocycles. The molecule has 0 N–H and O–H groups in total. The Bertz CT molecular complexity index is 529. The normalized spacial score (nSPS) is 10.7. The van der Waals surface area contributed by atoms with Crippen LogP contribution in [0.3, 0.4) is 0 Å². The molecule has 0 unspecified atom stereocenters. The molecule has 0 aliphatic carbocycles. The summed E-state index contributed by atoms with van der Waals surface area (Å²) in [5.74, 6) is -0.445. The van der Waals surface area contributed by atoms with E-state index in [1.807, 2.05) is 6.92 Å². The minimum Gasteiger partial charge on any atom is -0.544 e. The highest BCUT2D eigenvalue weighted by atomic mass is 16.5. The van der Waals surface area contributed by atoms with Gasteiger partial charge in [0.05, 0.1) is 25.3 Å². The third kappa shape index (κ3) is 4.03. The van der Waals surface area contributed by atoms with Gasteiger partial charge in [0.25, 0.3) is 0 Å². The molecule has 100 valence electrons. The van der Waals surface area contributed by atoms with Gasteiger partial charge in [0.15, 0.2) is 11.5 Å². The Morgan fingerprint density at radius 3 is 2.74 bits per heavy atom. The smallest absolute Gasteiger partial charge is 0.161 e. The van der Waals surface area contributed by atoms with E-state index < -0.39 is 11.5 Å². The van der Waals surface area contributed by atoms with Crippen LogP contribution in [-0.2, 0) is 4.79 Å². The van der Waals surface area contributed by atoms with Gasteiger partial charge < -0.3 is 19.4 Å². The van der Waals surface area contributed by atoms with Gasteiger partial charge in [0.1, 0.15) is 6.07 Å². The standard InChI is InChI=1S/C14H15NO4/c1-3-6-19-12-5-4-10(8-13(12)18-2)7-11(9-15)14(16)17/h4-5,7-8H,3,6H2,1-2H3,(H,16,17)/p-1/b11-7+. The molecule has 0 radical (unpaired) electrons. The number of rotatable bonds is 6. The van der Waals surface area contributed by atoms with Crippen LogP contribution < -0.4 is 14.6 Å². The van der Waals surface area contributed by atoms with Gasteiger partial charge in [-0.25, -0.2) is 0 Å². The maximum atomic E-state index is 10.6. The molecule has 0 atom stereocenters. The first-order valence-corrected chi connectivity index (χ1v) is 5.76. The van der Waals surface area contributed by atoms with Gasteiger partial charge in [-0.1, -0.05) is 13.0 Å². The van der Waals surface area contributed by atoms with Crippen molar-refractivity contribution in [1.82, 2.24) is 0 Å². The number of carbonyl (C=O) groups is 1. The van der Waals surface area contributed by atoms with Crippen LogP contribution in [0.1, 0.15) is 18.9 Å². The van der Waals surface area contributed by atoms with Gasteiger partial charge in [0, 0.05) is 0 Å². The van der Waals surface area contributed by atoms with E-state index in [0.29, 0.717) is 23.7 Å². The predicted octanol–water partition coefficient (Wildman–Crippen LogP) is 1.14.